The SMILES string of the molecule is C[C@H](NC(=O)Cc1c(F)cccc1F)C(=O)O. The molecule has 0 aliphatic carbocycles. The van der Waals surface area contributed by atoms with E-state index in [2.05, 4.69) is 5.32 Å². The second kappa shape index (κ2) is 5.38. The van der Waals surface area contributed by atoms with E-state index in [9.17, 15) is 18.4 Å². The van der Waals surface area contributed by atoms with Crippen LogP contribution < -0.4 is 5.32 Å². The van der Waals surface area contributed by atoms with Crippen molar-refractivity contribution >= 4 is 11.9 Å². The number of benzene rings is 1. The zero-order chi connectivity index (χ0) is 13.0. The number of carboxylic acid groups (broad SMARTS) is 1. The highest BCUT2D eigenvalue weighted by Gasteiger charge is 2.17. The van der Waals surface area contributed by atoms with Crippen molar-refractivity contribution in [3.63, 3.8) is 0 Å². The topological polar surface area (TPSA) is 66.4 Å². The molecule has 1 aromatic carbocycles. The van der Waals surface area contributed by atoms with Gasteiger partial charge >= 0.3 is 5.97 Å². The van der Waals surface area contributed by atoms with Crippen LogP contribution in [0.15, 0.2) is 18.2 Å². The average Bonchev–Trinajstić information content (AvgIpc) is 2.23. The smallest absolute Gasteiger partial charge is 0.325 e. The van der Waals surface area contributed by atoms with Crippen molar-refractivity contribution in [3.05, 3.63) is 35.4 Å². The molecule has 0 saturated heterocycles. The summed E-state index contributed by atoms with van der Waals surface area (Å²) in [6, 6.07) is 2.15. The molecule has 0 bridgehead atoms. The Bertz CT molecular complexity index is 428. The molecule has 1 amide bonds. The third-order valence-electron chi connectivity index (χ3n) is 2.15. The predicted molar refractivity (Wildman–Crippen MR) is 55.3 cm³/mol. The molecule has 0 saturated carbocycles. The monoisotopic (exact) mass is 243 g/mol. The molecule has 0 spiro atoms. The fourth-order valence-corrected chi connectivity index (χ4v) is 1.22. The summed E-state index contributed by atoms with van der Waals surface area (Å²) >= 11 is 0. The van der Waals surface area contributed by atoms with Gasteiger partial charge in [0.25, 0.3) is 0 Å². The van der Waals surface area contributed by atoms with Crippen LogP contribution in [0.3, 0.4) is 0 Å². The first-order chi connectivity index (χ1) is 7.91. The maximum atomic E-state index is 13.2. The molecule has 92 valence electrons. The summed E-state index contributed by atoms with van der Waals surface area (Å²) in [7, 11) is 0. The molecule has 4 nitrogen and oxygen atoms in total. The van der Waals surface area contributed by atoms with Gasteiger partial charge in [0, 0.05) is 5.56 Å². The van der Waals surface area contributed by atoms with Crippen molar-refractivity contribution in [2.24, 2.45) is 0 Å². The van der Waals surface area contributed by atoms with E-state index in [4.69, 9.17) is 5.11 Å². The van der Waals surface area contributed by atoms with Crippen molar-refractivity contribution < 1.29 is 23.5 Å². The molecular weight excluding hydrogens is 232 g/mol. The summed E-state index contributed by atoms with van der Waals surface area (Å²) in [5.74, 6) is -3.62. The Morgan fingerprint density at radius 2 is 1.88 bits per heavy atom. The number of amides is 1. The van der Waals surface area contributed by atoms with E-state index in [0.29, 0.717) is 0 Å². The first-order valence-corrected chi connectivity index (χ1v) is 4.87. The highest BCUT2D eigenvalue weighted by molar-refractivity contribution is 5.84. The van der Waals surface area contributed by atoms with Crippen LogP contribution in [0, 0.1) is 11.6 Å². The van der Waals surface area contributed by atoms with E-state index >= 15 is 0 Å². The zero-order valence-corrected chi connectivity index (χ0v) is 9.04. The predicted octanol–water partition coefficient (Wildman–Crippen LogP) is 1.10. The molecule has 1 atom stereocenters. The first kappa shape index (κ1) is 13.1. The summed E-state index contributed by atoms with van der Waals surface area (Å²) in [6.07, 6.45) is -0.532. The van der Waals surface area contributed by atoms with Crippen molar-refractivity contribution in [1.82, 2.24) is 5.32 Å². The largest absolute Gasteiger partial charge is 0.480 e. The van der Waals surface area contributed by atoms with Gasteiger partial charge in [0.2, 0.25) is 5.91 Å². The molecule has 0 heterocycles. The van der Waals surface area contributed by atoms with Gasteiger partial charge in [-0.1, -0.05) is 6.07 Å². The van der Waals surface area contributed by atoms with Gasteiger partial charge in [-0.15, -0.1) is 0 Å². The van der Waals surface area contributed by atoms with E-state index in [1.54, 1.807) is 0 Å². The van der Waals surface area contributed by atoms with Gasteiger partial charge in [0.15, 0.2) is 0 Å². The Kier molecular flexibility index (Phi) is 4.14. The third kappa shape index (κ3) is 3.51. The number of rotatable bonds is 4. The summed E-state index contributed by atoms with van der Waals surface area (Å²) in [6.45, 7) is 1.26. The summed E-state index contributed by atoms with van der Waals surface area (Å²) < 4.78 is 26.3. The van der Waals surface area contributed by atoms with Crippen LogP contribution in [0.2, 0.25) is 0 Å². The standard InChI is InChI=1S/C11H11F2NO3/c1-6(11(16)17)14-10(15)5-7-8(12)3-2-4-9(7)13/h2-4,6H,5H2,1H3,(H,14,15)(H,16,17)/t6-/m0/s1. The van der Waals surface area contributed by atoms with Crippen LogP contribution in [0.25, 0.3) is 0 Å². The summed E-state index contributed by atoms with van der Waals surface area (Å²) in [5.41, 5.74) is -0.373. The van der Waals surface area contributed by atoms with E-state index in [1.165, 1.54) is 13.0 Å². The van der Waals surface area contributed by atoms with Gasteiger partial charge < -0.3 is 10.4 Å². The van der Waals surface area contributed by atoms with Crippen LogP contribution in [-0.4, -0.2) is 23.0 Å². The van der Waals surface area contributed by atoms with E-state index in [-0.39, 0.29) is 5.56 Å². The maximum Gasteiger partial charge on any atom is 0.325 e. The van der Waals surface area contributed by atoms with Crippen LogP contribution in [0.5, 0.6) is 0 Å². The number of carboxylic acids is 1. The average molecular weight is 243 g/mol. The van der Waals surface area contributed by atoms with Crippen LogP contribution in [0.4, 0.5) is 8.78 Å². The van der Waals surface area contributed by atoms with E-state index in [0.717, 1.165) is 12.1 Å². The molecule has 0 unspecified atom stereocenters. The maximum absolute atomic E-state index is 13.2. The molecular formula is C11H11F2NO3. The summed E-state index contributed by atoms with van der Waals surface area (Å²) in [4.78, 5) is 21.8. The van der Waals surface area contributed by atoms with Gasteiger partial charge in [-0.25, -0.2) is 8.78 Å². The fourth-order valence-electron chi connectivity index (χ4n) is 1.22. The van der Waals surface area contributed by atoms with Gasteiger partial charge in [-0.3, -0.25) is 9.59 Å². The Morgan fingerprint density at radius 3 is 2.35 bits per heavy atom. The highest BCUT2D eigenvalue weighted by atomic mass is 19.1. The summed E-state index contributed by atoms with van der Waals surface area (Å²) in [5, 5.41) is 10.7. The molecule has 0 aliphatic rings. The Labute approximate surface area is 96.3 Å². The van der Waals surface area contributed by atoms with Crippen LogP contribution in [0.1, 0.15) is 12.5 Å². The minimum absolute atomic E-state index is 0.373. The molecule has 0 aromatic heterocycles. The lowest BCUT2D eigenvalue weighted by Gasteiger charge is -2.09. The molecule has 1 rings (SSSR count). The van der Waals surface area contributed by atoms with E-state index < -0.39 is 36.0 Å². The van der Waals surface area contributed by atoms with Crippen molar-refractivity contribution in [3.8, 4) is 0 Å². The lowest BCUT2D eigenvalue weighted by atomic mass is 10.1. The van der Waals surface area contributed by atoms with Crippen LogP contribution >= 0.6 is 0 Å². The first-order valence-electron chi connectivity index (χ1n) is 4.87. The molecule has 6 heteroatoms. The number of hydrogen-bond acceptors (Lipinski definition) is 2. The molecule has 2 N–H and O–H groups in total. The third-order valence-corrected chi connectivity index (χ3v) is 2.15. The Hall–Kier alpha value is -1.98. The number of nitrogens with one attached hydrogen (secondary N) is 1. The lowest BCUT2D eigenvalue weighted by Crippen LogP contribution is -2.39. The van der Waals surface area contributed by atoms with Crippen molar-refractivity contribution in [1.29, 1.82) is 0 Å². The normalized spacial score (nSPS) is 11.9. The molecule has 0 aliphatic heterocycles. The Morgan fingerprint density at radius 1 is 1.35 bits per heavy atom. The number of carbonyl (C=O) groups excluding carboxylic acids is 1. The van der Waals surface area contributed by atoms with Crippen LogP contribution in [-0.2, 0) is 16.0 Å². The molecule has 0 fully saturated rings. The quantitative estimate of drug-likeness (QED) is 0.832. The zero-order valence-electron chi connectivity index (χ0n) is 9.04. The lowest BCUT2D eigenvalue weighted by molar-refractivity contribution is -0.141. The van der Waals surface area contributed by atoms with Gasteiger partial charge in [-0.2, -0.15) is 0 Å². The number of hydrogen-bond donors (Lipinski definition) is 2. The minimum atomic E-state index is -1.22. The van der Waals surface area contributed by atoms with Gasteiger partial charge in [0.05, 0.1) is 6.42 Å². The Balaban J connectivity index is 2.72. The second-order valence-electron chi connectivity index (χ2n) is 3.50. The fraction of sp³-hybridized carbons (Fsp3) is 0.273. The molecule has 1 aromatic rings. The van der Waals surface area contributed by atoms with E-state index in [1.807, 2.05) is 0 Å². The van der Waals surface area contributed by atoms with Crippen molar-refractivity contribution in [2.75, 3.05) is 0 Å². The van der Waals surface area contributed by atoms with Gasteiger partial charge in [0.1, 0.15) is 17.7 Å². The highest BCUT2D eigenvalue weighted by Crippen LogP contribution is 2.12. The second-order valence-corrected chi connectivity index (χ2v) is 3.50. The number of aliphatic carboxylic acids is 1. The van der Waals surface area contributed by atoms with Gasteiger partial charge in [-0.05, 0) is 19.1 Å². The molecule has 17 heavy (non-hydrogen) atoms. The number of carbonyl (C=O) groups is 2. The van der Waals surface area contributed by atoms with Crippen molar-refractivity contribution in [2.45, 2.75) is 19.4 Å². The molecule has 0 radical (unpaired) electrons. The minimum Gasteiger partial charge on any atom is -0.480 e. The number of halogens is 2.